The van der Waals surface area contributed by atoms with Crippen LogP contribution in [0.25, 0.3) is 0 Å². The number of aliphatic hydroxyl groups is 3. The topological polar surface area (TPSA) is 167 Å². The van der Waals surface area contributed by atoms with E-state index in [1.807, 2.05) is 18.2 Å². The summed E-state index contributed by atoms with van der Waals surface area (Å²) in [7, 11) is 0. The van der Waals surface area contributed by atoms with Crippen molar-refractivity contribution in [2.24, 2.45) is 0 Å². The summed E-state index contributed by atoms with van der Waals surface area (Å²) < 4.78 is 33.8. The second-order valence-corrected chi connectivity index (χ2v) is 20.8. The second-order valence-electron chi connectivity index (χ2n) is 20.8. The fourth-order valence-corrected chi connectivity index (χ4v) is 8.69. The lowest BCUT2D eigenvalue weighted by atomic mass is 10.1. The highest BCUT2D eigenvalue weighted by atomic mass is 16.6. The maximum absolute atomic E-state index is 12.4. The lowest BCUT2D eigenvalue weighted by molar-refractivity contribution is -0.150. The van der Waals surface area contributed by atoms with Gasteiger partial charge in [-0.05, 0) is 77.0 Å². The lowest BCUT2D eigenvalue weighted by Crippen LogP contribution is -2.29. The average molecular weight is 1070 g/mol. The average Bonchev–Trinajstić information content (AvgIpc) is 3.40. The molecular weight excluding hydrogens is 949 g/mol. The van der Waals surface area contributed by atoms with Gasteiger partial charge in [0.15, 0.2) is 0 Å². The normalized spacial score (nSPS) is 13.5. The number of ether oxygens (including phenoxy) is 6. The van der Waals surface area contributed by atoms with Gasteiger partial charge in [-0.25, -0.2) is 0 Å². The number of rotatable bonds is 59. The van der Waals surface area contributed by atoms with E-state index in [9.17, 15) is 29.7 Å². The molecule has 12 nitrogen and oxygen atoms in total. The molecule has 0 fully saturated rings. The van der Waals surface area contributed by atoms with Crippen molar-refractivity contribution in [3.63, 3.8) is 0 Å². The summed E-state index contributed by atoms with van der Waals surface area (Å²) in [5.41, 5.74) is 0. The van der Waals surface area contributed by atoms with Gasteiger partial charge in [-0.2, -0.15) is 0 Å². The highest BCUT2D eigenvalue weighted by molar-refractivity contribution is 5.69. The van der Waals surface area contributed by atoms with Gasteiger partial charge in [0.05, 0.1) is 51.3 Å². The van der Waals surface area contributed by atoms with Gasteiger partial charge in [-0.15, -0.1) is 0 Å². The molecule has 0 aromatic carbocycles. The summed E-state index contributed by atoms with van der Waals surface area (Å²) in [4.78, 5) is 37.1. The minimum atomic E-state index is -0.461. The van der Waals surface area contributed by atoms with Crippen molar-refractivity contribution in [1.82, 2.24) is 0 Å². The van der Waals surface area contributed by atoms with Crippen LogP contribution in [0.4, 0.5) is 0 Å². The first-order chi connectivity index (χ1) is 36.7. The Morgan fingerprint density at radius 2 is 0.627 bits per heavy atom. The molecule has 0 rings (SSSR count). The zero-order chi connectivity index (χ0) is 54.8. The van der Waals surface area contributed by atoms with E-state index in [1.54, 1.807) is 0 Å². The molecule has 0 saturated carbocycles. The van der Waals surface area contributed by atoms with Crippen molar-refractivity contribution >= 4 is 17.9 Å². The third kappa shape index (κ3) is 57.4. The van der Waals surface area contributed by atoms with Crippen LogP contribution in [0.5, 0.6) is 0 Å². The van der Waals surface area contributed by atoms with Gasteiger partial charge in [-0.3, -0.25) is 14.4 Å². The van der Waals surface area contributed by atoms with Gasteiger partial charge >= 0.3 is 17.9 Å². The van der Waals surface area contributed by atoms with Gasteiger partial charge in [0.25, 0.3) is 0 Å². The second kappa shape index (κ2) is 59.1. The molecule has 12 heteroatoms. The number of carbonyl (C=O) groups is 3. The van der Waals surface area contributed by atoms with E-state index < -0.39 is 6.10 Å². The Morgan fingerprint density at radius 1 is 0.347 bits per heavy atom. The molecule has 0 bridgehead atoms. The van der Waals surface area contributed by atoms with E-state index in [0.29, 0.717) is 19.3 Å². The number of aliphatic hydroxyl groups excluding tert-OH is 3. The molecule has 3 atom stereocenters. The predicted molar refractivity (Wildman–Crippen MR) is 307 cm³/mol. The standard InChI is InChI=1S/C63H116O12/c1-4-7-10-31-40-57(64)43-34-25-19-13-16-22-28-37-46-61(67)73-51-49-70-55-60(72-53-54-75-63(69)48-39-30-24-18-15-21-27-36-45-59(66)42-33-12-9-6-3)56-71-50-52-74-62(68)47-38-29-23-17-14-20-26-35-44-58(65)41-32-11-8-5-2/h34-36,43-45,57-60,64-66H,4-33,37-42,46-56H2,1-3H3/b43-34-,44-35-,45-36-. The Bertz CT molecular complexity index is 1250. The number of unbranched alkanes of at least 4 members (excludes halogenated alkanes) is 27. The Balaban J connectivity index is 4.39. The lowest BCUT2D eigenvalue weighted by Gasteiger charge is -2.18. The third-order valence-electron chi connectivity index (χ3n) is 13.4. The maximum atomic E-state index is 12.4. The van der Waals surface area contributed by atoms with Crippen LogP contribution in [0.1, 0.15) is 271 Å². The molecule has 0 radical (unpaired) electrons. The van der Waals surface area contributed by atoms with Crippen LogP contribution >= 0.6 is 0 Å². The van der Waals surface area contributed by atoms with Crippen molar-refractivity contribution in [2.45, 2.75) is 296 Å². The minimum absolute atomic E-state index is 0.120. The molecule has 0 heterocycles. The first-order valence-electron chi connectivity index (χ1n) is 31.0. The van der Waals surface area contributed by atoms with Gasteiger partial charge in [0.1, 0.15) is 25.9 Å². The van der Waals surface area contributed by atoms with Crippen molar-refractivity contribution in [2.75, 3.05) is 52.9 Å². The Labute approximate surface area is 459 Å². The molecule has 0 aliphatic carbocycles. The summed E-state index contributed by atoms with van der Waals surface area (Å²) >= 11 is 0. The van der Waals surface area contributed by atoms with Gasteiger partial charge in [0, 0.05) is 19.3 Å². The molecule has 0 aromatic rings. The quantitative estimate of drug-likeness (QED) is 0.0229. The first-order valence-corrected chi connectivity index (χ1v) is 31.0. The van der Waals surface area contributed by atoms with Gasteiger partial charge in [0.2, 0.25) is 0 Å². The summed E-state index contributed by atoms with van der Waals surface area (Å²) in [6.45, 7) is 7.98. The van der Waals surface area contributed by atoms with Crippen LogP contribution in [-0.2, 0) is 42.8 Å². The smallest absolute Gasteiger partial charge is 0.305 e. The maximum Gasteiger partial charge on any atom is 0.305 e. The molecule has 75 heavy (non-hydrogen) atoms. The van der Waals surface area contributed by atoms with E-state index in [2.05, 4.69) is 39.0 Å². The molecule has 0 aromatic heterocycles. The van der Waals surface area contributed by atoms with Crippen LogP contribution in [0.3, 0.4) is 0 Å². The molecule has 0 spiro atoms. The van der Waals surface area contributed by atoms with E-state index in [1.165, 1.54) is 57.8 Å². The zero-order valence-electron chi connectivity index (χ0n) is 48.5. The summed E-state index contributed by atoms with van der Waals surface area (Å²) in [5, 5.41) is 30.2. The fourth-order valence-electron chi connectivity index (χ4n) is 8.69. The minimum Gasteiger partial charge on any atom is -0.463 e. The number of esters is 3. The molecule has 0 saturated heterocycles. The predicted octanol–water partition coefficient (Wildman–Crippen LogP) is 15.1. The Morgan fingerprint density at radius 3 is 0.947 bits per heavy atom. The van der Waals surface area contributed by atoms with Crippen LogP contribution in [0.2, 0.25) is 0 Å². The van der Waals surface area contributed by atoms with Crippen molar-refractivity contribution < 1.29 is 58.1 Å². The SMILES string of the molecule is CCCCCCC(O)/C=C\CCCCCCCCC(=O)OCCOCC(COCCOC(=O)CCCCCCCC/C=C\C(O)CCCCCC)OCCOC(=O)CCCCCCCC/C=C\C(O)CCCCCC. The summed E-state index contributed by atoms with van der Waals surface area (Å²) in [6, 6.07) is 0. The molecular formula is C63H116O12. The molecule has 3 N–H and O–H groups in total. The summed E-state index contributed by atoms with van der Waals surface area (Å²) in [6.07, 6.45) is 50.4. The Hall–Kier alpha value is -2.61. The molecule has 0 aliphatic rings. The number of allylic oxidation sites excluding steroid dienone is 3. The number of hydrogen-bond acceptors (Lipinski definition) is 12. The van der Waals surface area contributed by atoms with Crippen LogP contribution < -0.4 is 0 Å². The van der Waals surface area contributed by atoms with Gasteiger partial charge < -0.3 is 43.7 Å². The fraction of sp³-hybridized carbons (Fsp3) is 0.857. The van der Waals surface area contributed by atoms with Crippen molar-refractivity contribution in [1.29, 1.82) is 0 Å². The zero-order valence-corrected chi connectivity index (χ0v) is 48.5. The van der Waals surface area contributed by atoms with E-state index >= 15 is 0 Å². The van der Waals surface area contributed by atoms with Crippen molar-refractivity contribution in [3.8, 4) is 0 Å². The van der Waals surface area contributed by atoms with Crippen molar-refractivity contribution in [3.05, 3.63) is 36.5 Å². The highest BCUT2D eigenvalue weighted by Gasteiger charge is 2.13. The molecule has 0 amide bonds. The van der Waals surface area contributed by atoms with Gasteiger partial charge in [-0.1, -0.05) is 211 Å². The largest absolute Gasteiger partial charge is 0.463 e. The molecule has 440 valence electrons. The molecule has 3 unspecified atom stereocenters. The third-order valence-corrected chi connectivity index (χ3v) is 13.4. The first kappa shape index (κ1) is 72.4. The van der Waals surface area contributed by atoms with E-state index in [0.717, 1.165) is 173 Å². The molecule has 0 aliphatic heterocycles. The summed E-state index contributed by atoms with van der Waals surface area (Å²) in [5.74, 6) is -0.693. The Kier molecular flexibility index (Phi) is 57.0. The number of hydrogen-bond donors (Lipinski definition) is 3. The van der Waals surface area contributed by atoms with Crippen LogP contribution in [0.15, 0.2) is 36.5 Å². The highest BCUT2D eigenvalue weighted by Crippen LogP contribution is 2.15. The monoisotopic (exact) mass is 1060 g/mol. The number of carbonyl (C=O) groups excluding carboxylic acids is 3. The van der Waals surface area contributed by atoms with E-state index in [4.69, 9.17) is 28.4 Å². The van der Waals surface area contributed by atoms with Crippen LogP contribution in [0, 0.1) is 0 Å². The van der Waals surface area contributed by atoms with E-state index in [-0.39, 0.29) is 89.1 Å². The van der Waals surface area contributed by atoms with Crippen LogP contribution in [-0.4, -0.2) is 110 Å².